The monoisotopic (exact) mass is 151 g/mol. The summed E-state index contributed by atoms with van der Waals surface area (Å²) in [5.74, 6) is 0. The van der Waals surface area contributed by atoms with Gasteiger partial charge in [0.05, 0.1) is 0 Å². The predicted molar refractivity (Wildman–Crippen MR) is 47.2 cm³/mol. The molecule has 11 heavy (non-hydrogen) atoms. The molecule has 2 heteroatoms. The first-order chi connectivity index (χ1) is 5.20. The maximum absolute atomic E-state index is 9.87. The average molecular weight is 151 g/mol. The highest BCUT2D eigenvalue weighted by molar-refractivity contribution is 5.47. The van der Waals surface area contributed by atoms with Crippen molar-refractivity contribution in [2.45, 2.75) is 6.92 Å². The molecule has 0 fully saturated rings. The molecule has 0 aromatic rings. The van der Waals surface area contributed by atoms with Gasteiger partial charge in [-0.2, -0.15) is 0 Å². The molecule has 0 aliphatic heterocycles. The molecular weight excluding hydrogens is 138 g/mol. The summed E-state index contributed by atoms with van der Waals surface area (Å²) in [4.78, 5) is 9.87. The van der Waals surface area contributed by atoms with E-state index in [4.69, 9.17) is 0 Å². The Morgan fingerprint density at radius 1 is 1.64 bits per heavy atom. The van der Waals surface area contributed by atoms with Crippen LogP contribution in [0.15, 0.2) is 36.5 Å². The molecule has 0 aromatic heterocycles. The zero-order chi connectivity index (χ0) is 8.69. The molecule has 2 nitrogen and oxygen atoms in total. The fraction of sp³-hybridized carbons (Fsp3) is 0.222. The van der Waals surface area contributed by atoms with Crippen LogP contribution in [0, 0.1) is 0 Å². The SMILES string of the molecule is C=C/C(C)=C\C(=C)CNC=O. The number of allylic oxidation sites excluding steroid dienone is 2. The predicted octanol–water partition coefficient (Wildman–Crippen LogP) is 1.42. The van der Waals surface area contributed by atoms with Crippen molar-refractivity contribution in [3.63, 3.8) is 0 Å². The highest BCUT2D eigenvalue weighted by atomic mass is 16.1. The third-order valence-electron chi connectivity index (χ3n) is 1.17. The number of amides is 1. The lowest BCUT2D eigenvalue weighted by molar-refractivity contribution is -0.109. The lowest BCUT2D eigenvalue weighted by Gasteiger charge is -1.98. The summed E-state index contributed by atoms with van der Waals surface area (Å²) in [5, 5.41) is 2.52. The number of carbonyl (C=O) groups excluding carboxylic acids is 1. The standard InChI is InChI=1S/C9H13NO/c1-4-8(2)5-9(3)6-10-7-11/h4-5,7H,1,3,6H2,2H3,(H,10,11)/b8-5-. The second-order valence-electron chi connectivity index (χ2n) is 2.25. The van der Waals surface area contributed by atoms with Gasteiger partial charge < -0.3 is 5.32 Å². The molecule has 1 amide bonds. The van der Waals surface area contributed by atoms with E-state index in [1.807, 2.05) is 13.0 Å². The van der Waals surface area contributed by atoms with Crippen LogP contribution >= 0.6 is 0 Å². The molecule has 1 N–H and O–H groups in total. The van der Waals surface area contributed by atoms with Crippen LogP contribution in [0.5, 0.6) is 0 Å². The van der Waals surface area contributed by atoms with Gasteiger partial charge in [-0.3, -0.25) is 4.79 Å². The Balaban J connectivity index is 3.85. The maximum Gasteiger partial charge on any atom is 0.207 e. The van der Waals surface area contributed by atoms with Gasteiger partial charge in [0.25, 0.3) is 0 Å². The fourth-order valence-electron chi connectivity index (χ4n) is 0.605. The molecule has 0 aliphatic rings. The second-order valence-corrected chi connectivity index (χ2v) is 2.25. The van der Waals surface area contributed by atoms with Crippen molar-refractivity contribution in [1.29, 1.82) is 0 Å². The first-order valence-electron chi connectivity index (χ1n) is 3.36. The Morgan fingerprint density at radius 3 is 2.73 bits per heavy atom. The lowest BCUT2D eigenvalue weighted by atomic mass is 10.2. The summed E-state index contributed by atoms with van der Waals surface area (Å²) < 4.78 is 0. The quantitative estimate of drug-likeness (QED) is 0.467. The summed E-state index contributed by atoms with van der Waals surface area (Å²) in [6.45, 7) is 9.75. The number of carbonyl (C=O) groups is 1. The minimum Gasteiger partial charge on any atom is -0.355 e. The molecule has 0 spiro atoms. The van der Waals surface area contributed by atoms with Crippen molar-refractivity contribution in [1.82, 2.24) is 5.32 Å². The number of hydrogen-bond acceptors (Lipinski definition) is 1. The van der Waals surface area contributed by atoms with E-state index >= 15 is 0 Å². The van der Waals surface area contributed by atoms with E-state index in [1.54, 1.807) is 6.08 Å². The smallest absolute Gasteiger partial charge is 0.207 e. The van der Waals surface area contributed by atoms with Gasteiger partial charge in [0.2, 0.25) is 6.41 Å². The minimum absolute atomic E-state index is 0.495. The van der Waals surface area contributed by atoms with E-state index in [9.17, 15) is 4.79 Å². The van der Waals surface area contributed by atoms with Crippen molar-refractivity contribution in [3.8, 4) is 0 Å². The van der Waals surface area contributed by atoms with E-state index in [2.05, 4.69) is 18.5 Å². The van der Waals surface area contributed by atoms with Crippen molar-refractivity contribution < 1.29 is 4.79 Å². The van der Waals surface area contributed by atoms with Gasteiger partial charge in [-0.1, -0.05) is 30.9 Å². The zero-order valence-corrected chi connectivity index (χ0v) is 6.76. The van der Waals surface area contributed by atoms with E-state index in [0.29, 0.717) is 13.0 Å². The molecular formula is C9H13NO. The zero-order valence-electron chi connectivity index (χ0n) is 6.76. The molecule has 0 aromatic carbocycles. The third kappa shape index (κ3) is 5.15. The number of nitrogens with one attached hydrogen (secondary N) is 1. The van der Waals surface area contributed by atoms with Crippen LogP contribution in [0.1, 0.15) is 6.92 Å². The molecule has 0 unspecified atom stereocenters. The molecule has 0 radical (unpaired) electrons. The molecule has 0 aliphatic carbocycles. The highest BCUT2D eigenvalue weighted by Crippen LogP contribution is 1.98. The van der Waals surface area contributed by atoms with Crippen molar-refractivity contribution in [3.05, 3.63) is 36.5 Å². The van der Waals surface area contributed by atoms with Gasteiger partial charge in [-0.15, -0.1) is 0 Å². The molecule has 0 saturated carbocycles. The Bertz CT molecular complexity index is 192. The summed E-state index contributed by atoms with van der Waals surface area (Å²) in [6.07, 6.45) is 4.28. The van der Waals surface area contributed by atoms with Crippen LogP contribution in [-0.4, -0.2) is 13.0 Å². The lowest BCUT2D eigenvalue weighted by Crippen LogP contribution is -2.12. The van der Waals surface area contributed by atoms with Crippen molar-refractivity contribution in [2.75, 3.05) is 6.54 Å². The Hall–Kier alpha value is -1.31. The first kappa shape index (κ1) is 9.69. The molecule has 0 rings (SSSR count). The average Bonchev–Trinajstić information content (AvgIpc) is 2.00. The van der Waals surface area contributed by atoms with E-state index < -0.39 is 0 Å². The Kier molecular flexibility index (Phi) is 4.82. The molecule has 0 atom stereocenters. The second kappa shape index (κ2) is 5.47. The van der Waals surface area contributed by atoms with E-state index in [-0.39, 0.29) is 0 Å². The minimum atomic E-state index is 0.495. The van der Waals surface area contributed by atoms with Gasteiger partial charge in [-0.05, 0) is 12.5 Å². The molecule has 0 heterocycles. The maximum atomic E-state index is 9.87. The largest absolute Gasteiger partial charge is 0.355 e. The molecule has 0 bridgehead atoms. The highest BCUT2D eigenvalue weighted by Gasteiger charge is 1.87. The van der Waals surface area contributed by atoms with Crippen LogP contribution < -0.4 is 5.32 Å². The third-order valence-corrected chi connectivity index (χ3v) is 1.17. The summed E-state index contributed by atoms with van der Waals surface area (Å²) in [7, 11) is 0. The van der Waals surface area contributed by atoms with Crippen LogP contribution in [-0.2, 0) is 4.79 Å². The number of hydrogen-bond donors (Lipinski definition) is 1. The summed E-state index contributed by atoms with van der Waals surface area (Å²) >= 11 is 0. The Labute approximate surface area is 67.3 Å². The normalized spacial score (nSPS) is 10.5. The van der Waals surface area contributed by atoms with Crippen LogP contribution in [0.2, 0.25) is 0 Å². The molecule has 60 valence electrons. The van der Waals surface area contributed by atoms with E-state index in [0.717, 1.165) is 11.1 Å². The molecule has 0 saturated heterocycles. The Morgan fingerprint density at radius 2 is 2.27 bits per heavy atom. The van der Waals surface area contributed by atoms with E-state index in [1.165, 1.54) is 0 Å². The van der Waals surface area contributed by atoms with Gasteiger partial charge >= 0.3 is 0 Å². The van der Waals surface area contributed by atoms with Crippen molar-refractivity contribution in [2.24, 2.45) is 0 Å². The van der Waals surface area contributed by atoms with Gasteiger partial charge in [0.15, 0.2) is 0 Å². The van der Waals surface area contributed by atoms with Gasteiger partial charge in [-0.25, -0.2) is 0 Å². The number of rotatable bonds is 5. The van der Waals surface area contributed by atoms with Crippen LogP contribution in [0.25, 0.3) is 0 Å². The van der Waals surface area contributed by atoms with Gasteiger partial charge in [0, 0.05) is 6.54 Å². The summed E-state index contributed by atoms with van der Waals surface area (Å²) in [6, 6.07) is 0. The van der Waals surface area contributed by atoms with Crippen LogP contribution in [0.3, 0.4) is 0 Å². The van der Waals surface area contributed by atoms with Crippen molar-refractivity contribution >= 4 is 6.41 Å². The van der Waals surface area contributed by atoms with Gasteiger partial charge in [0.1, 0.15) is 0 Å². The van der Waals surface area contributed by atoms with Crippen LogP contribution in [0.4, 0.5) is 0 Å². The summed E-state index contributed by atoms with van der Waals surface area (Å²) in [5.41, 5.74) is 1.91. The first-order valence-corrected chi connectivity index (χ1v) is 3.36. The fourth-order valence-corrected chi connectivity index (χ4v) is 0.605. The topological polar surface area (TPSA) is 29.1 Å².